The van der Waals surface area contributed by atoms with Gasteiger partial charge in [0.2, 0.25) is 0 Å². The summed E-state index contributed by atoms with van der Waals surface area (Å²) in [5, 5.41) is 3.02. The average molecular weight is 368 g/mol. The highest BCUT2D eigenvalue weighted by Crippen LogP contribution is 2.27. The standard InChI is InChI=1S/C24H33NO2/c1-16(2)21-13-8-17(3)14-22(21)27-15-23(26)25-18(4)19-9-11-20(12-10-19)24(5,6)7/h8-14,16,18H,15H2,1-7H3,(H,25,26)/t18-/m0/s1. The summed E-state index contributed by atoms with van der Waals surface area (Å²) in [5.41, 5.74) is 4.76. The lowest BCUT2D eigenvalue weighted by Crippen LogP contribution is -2.31. The first-order chi connectivity index (χ1) is 12.6. The molecule has 0 bridgehead atoms. The Bertz CT molecular complexity index is 770. The molecule has 0 fully saturated rings. The fraction of sp³-hybridized carbons (Fsp3) is 0.458. The maximum absolute atomic E-state index is 12.4. The van der Waals surface area contributed by atoms with Crippen molar-refractivity contribution in [2.24, 2.45) is 0 Å². The number of carbonyl (C=O) groups is 1. The van der Waals surface area contributed by atoms with E-state index in [2.05, 4.69) is 76.3 Å². The van der Waals surface area contributed by atoms with E-state index in [0.29, 0.717) is 5.92 Å². The number of aryl methyl sites for hydroxylation is 1. The fourth-order valence-electron chi connectivity index (χ4n) is 3.03. The molecule has 1 N–H and O–H groups in total. The summed E-state index contributed by atoms with van der Waals surface area (Å²) in [4.78, 5) is 12.4. The molecule has 2 rings (SSSR count). The summed E-state index contributed by atoms with van der Waals surface area (Å²) in [5.74, 6) is 1.03. The van der Waals surface area contributed by atoms with E-state index < -0.39 is 0 Å². The van der Waals surface area contributed by atoms with Crippen molar-refractivity contribution in [3.8, 4) is 5.75 Å². The molecular weight excluding hydrogens is 334 g/mol. The third-order valence-corrected chi connectivity index (χ3v) is 4.80. The van der Waals surface area contributed by atoms with E-state index in [1.165, 1.54) is 5.56 Å². The third kappa shape index (κ3) is 5.85. The molecule has 0 saturated carbocycles. The number of carbonyl (C=O) groups excluding carboxylic acids is 1. The summed E-state index contributed by atoms with van der Waals surface area (Å²) < 4.78 is 5.83. The first-order valence-electron chi connectivity index (χ1n) is 9.71. The van der Waals surface area contributed by atoms with Gasteiger partial charge in [0.1, 0.15) is 5.75 Å². The van der Waals surface area contributed by atoms with E-state index in [1.807, 2.05) is 19.9 Å². The van der Waals surface area contributed by atoms with Crippen LogP contribution in [0.4, 0.5) is 0 Å². The van der Waals surface area contributed by atoms with E-state index >= 15 is 0 Å². The van der Waals surface area contributed by atoms with Crippen LogP contribution in [0.1, 0.15) is 75.8 Å². The van der Waals surface area contributed by atoms with Crippen molar-refractivity contribution in [1.82, 2.24) is 5.32 Å². The van der Waals surface area contributed by atoms with Gasteiger partial charge in [-0.05, 0) is 53.5 Å². The van der Waals surface area contributed by atoms with Gasteiger partial charge in [0.15, 0.2) is 6.61 Å². The Kier molecular flexibility index (Phi) is 6.69. The van der Waals surface area contributed by atoms with Crippen LogP contribution in [0, 0.1) is 6.92 Å². The molecule has 3 nitrogen and oxygen atoms in total. The molecule has 2 aromatic carbocycles. The summed E-state index contributed by atoms with van der Waals surface area (Å²) in [6, 6.07) is 14.5. The number of nitrogens with one attached hydrogen (secondary N) is 1. The second-order valence-electron chi connectivity index (χ2n) is 8.65. The lowest BCUT2D eigenvalue weighted by atomic mass is 9.86. The minimum absolute atomic E-state index is 0.0214. The number of hydrogen-bond acceptors (Lipinski definition) is 2. The van der Waals surface area contributed by atoms with E-state index in [0.717, 1.165) is 22.4 Å². The van der Waals surface area contributed by atoms with Crippen LogP contribution in [0.3, 0.4) is 0 Å². The molecule has 0 aromatic heterocycles. The Morgan fingerprint density at radius 3 is 2.22 bits per heavy atom. The summed E-state index contributed by atoms with van der Waals surface area (Å²) in [7, 11) is 0. The minimum atomic E-state index is -0.112. The van der Waals surface area contributed by atoms with Crippen molar-refractivity contribution in [3.63, 3.8) is 0 Å². The summed E-state index contributed by atoms with van der Waals surface area (Å²) in [6.45, 7) is 14.9. The highest BCUT2D eigenvalue weighted by Gasteiger charge is 2.16. The Morgan fingerprint density at radius 2 is 1.67 bits per heavy atom. The van der Waals surface area contributed by atoms with E-state index in [-0.39, 0.29) is 24.0 Å². The number of amides is 1. The van der Waals surface area contributed by atoms with Gasteiger partial charge in [-0.3, -0.25) is 4.79 Å². The van der Waals surface area contributed by atoms with Crippen LogP contribution in [0.25, 0.3) is 0 Å². The van der Waals surface area contributed by atoms with Crippen molar-refractivity contribution in [2.75, 3.05) is 6.61 Å². The van der Waals surface area contributed by atoms with Crippen LogP contribution >= 0.6 is 0 Å². The lowest BCUT2D eigenvalue weighted by molar-refractivity contribution is -0.123. The molecule has 2 aromatic rings. The molecular formula is C24H33NO2. The minimum Gasteiger partial charge on any atom is -0.483 e. The normalized spacial score (nSPS) is 12.7. The van der Waals surface area contributed by atoms with Crippen molar-refractivity contribution >= 4 is 5.91 Å². The Labute approximate surface area is 164 Å². The molecule has 0 aliphatic carbocycles. The molecule has 0 saturated heterocycles. The first-order valence-corrected chi connectivity index (χ1v) is 9.71. The largest absolute Gasteiger partial charge is 0.483 e. The predicted molar refractivity (Wildman–Crippen MR) is 112 cm³/mol. The Hall–Kier alpha value is -2.29. The molecule has 0 aliphatic heterocycles. The van der Waals surface area contributed by atoms with Gasteiger partial charge in [0.05, 0.1) is 6.04 Å². The molecule has 0 unspecified atom stereocenters. The molecule has 27 heavy (non-hydrogen) atoms. The van der Waals surface area contributed by atoms with Crippen molar-refractivity contribution in [3.05, 3.63) is 64.7 Å². The second kappa shape index (κ2) is 8.60. The van der Waals surface area contributed by atoms with Gasteiger partial charge in [0.25, 0.3) is 5.91 Å². The van der Waals surface area contributed by atoms with Crippen molar-refractivity contribution < 1.29 is 9.53 Å². The maximum atomic E-state index is 12.4. The molecule has 0 spiro atoms. The number of rotatable bonds is 6. The highest BCUT2D eigenvalue weighted by atomic mass is 16.5. The zero-order valence-corrected chi connectivity index (χ0v) is 17.7. The van der Waals surface area contributed by atoms with Gasteiger partial charge in [-0.2, -0.15) is 0 Å². The van der Waals surface area contributed by atoms with Gasteiger partial charge in [-0.1, -0.05) is 71.0 Å². The van der Waals surface area contributed by atoms with Crippen molar-refractivity contribution in [2.45, 2.75) is 65.8 Å². The van der Waals surface area contributed by atoms with Crippen LogP contribution in [0.5, 0.6) is 5.75 Å². The smallest absolute Gasteiger partial charge is 0.258 e. The van der Waals surface area contributed by atoms with Crippen LogP contribution < -0.4 is 10.1 Å². The summed E-state index contributed by atoms with van der Waals surface area (Å²) >= 11 is 0. The zero-order valence-electron chi connectivity index (χ0n) is 17.7. The highest BCUT2D eigenvalue weighted by molar-refractivity contribution is 5.78. The topological polar surface area (TPSA) is 38.3 Å². The monoisotopic (exact) mass is 367 g/mol. The van der Waals surface area contributed by atoms with Crippen LogP contribution in [0.15, 0.2) is 42.5 Å². The molecule has 1 amide bonds. The van der Waals surface area contributed by atoms with Gasteiger partial charge < -0.3 is 10.1 Å². The molecule has 1 atom stereocenters. The quantitative estimate of drug-likeness (QED) is 0.714. The van der Waals surface area contributed by atoms with E-state index in [4.69, 9.17) is 4.74 Å². The van der Waals surface area contributed by atoms with Crippen LogP contribution in [-0.4, -0.2) is 12.5 Å². The van der Waals surface area contributed by atoms with Gasteiger partial charge in [-0.25, -0.2) is 0 Å². The molecule has 0 heterocycles. The average Bonchev–Trinajstić information content (AvgIpc) is 2.59. The number of ether oxygens (including phenoxy) is 1. The fourth-order valence-corrected chi connectivity index (χ4v) is 3.03. The molecule has 3 heteroatoms. The third-order valence-electron chi connectivity index (χ3n) is 4.80. The molecule has 0 aliphatic rings. The second-order valence-corrected chi connectivity index (χ2v) is 8.65. The maximum Gasteiger partial charge on any atom is 0.258 e. The van der Waals surface area contributed by atoms with E-state index in [1.54, 1.807) is 0 Å². The van der Waals surface area contributed by atoms with Gasteiger partial charge in [0, 0.05) is 0 Å². The summed E-state index contributed by atoms with van der Waals surface area (Å²) in [6.07, 6.45) is 0. The molecule has 146 valence electrons. The number of benzene rings is 2. The van der Waals surface area contributed by atoms with Crippen LogP contribution in [-0.2, 0) is 10.2 Å². The Balaban J connectivity index is 1.97. The Morgan fingerprint density at radius 1 is 1.04 bits per heavy atom. The predicted octanol–water partition coefficient (Wildman–Crippen LogP) is 5.67. The van der Waals surface area contributed by atoms with Crippen LogP contribution in [0.2, 0.25) is 0 Å². The first kappa shape index (κ1) is 21.0. The van der Waals surface area contributed by atoms with Gasteiger partial charge in [-0.15, -0.1) is 0 Å². The molecule has 0 radical (unpaired) electrons. The van der Waals surface area contributed by atoms with Crippen molar-refractivity contribution in [1.29, 1.82) is 0 Å². The zero-order chi connectivity index (χ0) is 20.2. The lowest BCUT2D eigenvalue weighted by Gasteiger charge is -2.21. The van der Waals surface area contributed by atoms with Gasteiger partial charge >= 0.3 is 0 Å². The van der Waals surface area contributed by atoms with E-state index in [9.17, 15) is 4.79 Å². The number of hydrogen-bond donors (Lipinski definition) is 1. The SMILES string of the molecule is Cc1ccc(C(C)C)c(OCC(=O)N[C@@H](C)c2ccc(C(C)(C)C)cc2)c1.